The highest BCUT2D eigenvalue weighted by Gasteiger charge is 2.16. The van der Waals surface area contributed by atoms with E-state index in [-0.39, 0.29) is 17.7 Å². The van der Waals surface area contributed by atoms with Crippen LogP contribution in [0, 0.1) is 11.3 Å². The Morgan fingerprint density at radius 2 is 2.07 bits per heavy atom. The molecule has 1 aliphatic heterocycles. The van der Waals surface area contributed by atoms with Gasteiger partial charge in [0.25, 0.3) is 5.91 Å². The number of nitrogens with one attached hydrogen (secondary N) is 3. The first-order valence-corrected chi connectivity index (χ1v) is 9.02. The van der Waals surface area contributed by atoms with Crippen LogP contribution in [-0.4, -0.2) is 35.8 Å². The highest BCUT2D eigenvalue weighted by atomic mass is 16.5. The maximum atomic E-state index is 12.5. The Balaban J connectivity index is 1.44. The van der Waals surface area contributed by atoms with E-state index in [1.54, 1.807) is 24.3 Å². The van der Waals surface area contributed by atoms with E-state index >= 15 is 0 Å². The van der Waals surface area contributed by atoms with Gasteiger partial charge in [-0.2, -0.15) is 10.4 Å². The van der Waals surface area contributed by atoms with E-state index in [0.717, 1.165) is 24.2 Å². The van der Waals surface area contributed by atoms with Crippen molar-refractivity contribution in [3.63, 3.8) is 0 Å². The molecule has 3 N–H and O–H groups in total. The summed E-state index contributed by atoms with van der Waals surface area (Å²) < 4.78 is 5.73. The minimum Gasteiger partial charge on any atom is -0.371 e. The van der Waals surface area contributed by atoms with Crippen molar-refractivity contribution in [2.75, 3.05) is 25.0 Å². The van der Waals surface area contributed by atoms with Crippen LogP contribution in [0.2, 0.25) is 0 Å². The van der Waals surface area contributed by atoms with Crippen LogP contribution in [0.1, 0.15) is 27.7 Å². The number of nitriles is 1. The van der Waals surface area contributed by atoms with Crippen LogP contribution in [0.25, 0.3) is 11.3 Å². The quantitative estimate of drug-likeness (QED) is 0.653. The van der Waals surface area contributed by atoms with Gasteiger partial charge in [-0.25, -0.2) is 0 Å². The van der Waals surface area contributed by atoms with Crippen molar-refractivity contribution < 1.29 is 9.53 Å². The van der Waals surface area contributed by atoms with Crippen molar-refractivity contribution in [1.29, 1.82) is 5.26 Å². The second-order valence-corrected chi connectivity index (χ2v) is 6.50. The van der Waals surface area contributed by atoms with Crippen LogP contribution in [0.3, 0.4) is 0 Å². The van der Waals surface area contributed by atoms with Crippen molar-refractivity contribution in [2.24, 2.45) is 0 Å². The molecule has 2 heterocycles. The molecule has 1 aliphatic rings. The van der Waals surface area contributed by atoms with Crippen LogP contribution < -0.4 is 10.6 Å². The molecule has 0 aliphatic carbocycles. The van der Waals surface area contributed by atoms with Crippen LogP contribution in [0.5, 0.6) is 0 Å². The monoisotopic (exact) mass is 373 g/mol. The number of aromatic amines is 1. The summed E-state index contributed by atoms with van der Waals surface area (Å²) >= 11 is 0. The third-order valence-corrected chi connectivity index (χ3v) is 4.58. The Morgan fingerprint density at radius 1 is 1.21 bits per heavy atom. The van der Waals surface area contributed by atoms with E-state index in [1.165, 1.54) is 0 Å². The van der Waals surface area contributed by atoms with Crippen molar-refractivity contribution in [1.82, 2.24) is 15.5 Å². The first-order chi connectivity index (χ1) is 13.7. The second-order valence-electron chi connectivity index (χ2n) is 6.50. The van der Waals surface area contributed by atoms with Crippen molar-refractivity contribution >= 4 is 11.6 Å². The predicted molar refractivity (Wildman–Crippen MR) is 105 cm³/mol. The molecule has 1 unspecified atom stereocenters. The Morgan fingerprint density at radius 3 is 2.82 bits per heavy atom. The molecular formula is C21H19N5O2. The molecule has 1 amide bonds. The number of amides is 1. The smallest absolute Gasteiger partial charge is 0.276 e. The van der Waals surface area contributed by atoms with Gasteiger partial charge in [-0.1, -0.05) is 24.3 Å². The molecule has 1 atom stereocenters. The van der Waals surface area contributed by atoms with Gasteiger partial charge in [0.2, 0.25) is 0 Å². The number of carbonyl (C=O) groups excluding carboxylic acids is 1. The average molecular weight is 373 g/mol. The number of morpholine rings is 1. The molecule has 0 radical (unpaired) electrons. The van der Waals surface area contributed by atoms with Crippen LogP contribution in [-0.2, 0) is 4.74 Å². The van der Waals surface area contributed by atoms with Crippen LogP contribution in [0.15, 0.2) is 54.6 Å². The van der Waals surface area contributed by atoms with Crippen molar-refractivity contribution in [2.45, 2.75) is 6.10 Å². The Hall–Kier alpha value is -3.47. The van der Waals surface area contributed by atoms with Gasteiger partial charge in [0.1, 0.15) is 0 Å². The summed E-state index contributed by atoms with van der Waals surface area (Å²) in [4.78, 5) is 12.5. The van der Waals surface area contributed by atoms with Gasteiger partial charge in [0.15, 0.2) is 5.69 Å². The summed E-state index contributed by atoms with van der Waals surface area (Å²) in [5.74, 6) is -0.303. The molecular weight excluding hydrogens is 354 g/mol. The van der Waals surface area contributed by atoms with Crippen molar-refractivity contribution in [3.8, 4) is 17.3 Å². The molecule has 2 aromatic carbocycles. The Labute approximate surface area is 162 Å². The lowest BCUT2D eigenvalue weighted by Crippen LogP contribution is -2.33. The largest absolute Gasteiger partial charge is 0.371 e. The summed E-state index contributed by atoms with van der Waals surface area (Å²) in [7, 11) is 0. The van der Waals surface area contributed by atoms with Gasteiger partial charge in [-0.3, -0.25) is 9.89 Å². The van der Waals surface area contributed by atoms with E-state index in [2.05, 4.69) is 26.9 Å². The molecule has 4 rings (SSSR count). The number of carbonyl (C=O) groups is 1. The molecule has 1 fully saturated rings. The van der Waals surface area contributed by atoms with Gasteiger partial charge < -0.3 is 15.4 Å². The van der Waals surface area contributed by atoms with Crippen LogP contribution >= 0.6 is 0 Å². The predicted octanol–water partition coefficient (Wildman–Crippen LogP) is 2.86. The summed E-state index contributed by atoms with van der Waals surface area (Å²) in [5.41, 5.74) is 4.07. The molecule has 140 valence electrons. The van der Waals surface area contributed by atoms with Gasteiger partial charge in [0.05, 0.1) is 30.0 Å². The average Bonchev–Trinajstić information content (AvgIpc) is 3.25. The molecule has 28 heavy (non-hydrogen) atoms. The van der Waals surface area contributed by atoms with Gasteiger partial charge in [-0.05, 0) is 35.9 Å². The number of nitrogens with zero attached hydrogens (tertiary/aromatic N) is 2. The first kappa shape index (κ1) is 17.9. The number of rotatable bonds is 4. The fraction of sp³-hybridized carbons (Fsp3) is 0.190. The number of ether oxygens (including phenoxy) is 1. The lowest BCUT2D eigenvalue weighted by molar-refractivity contribution is 0.0277. The summed E-state index contributed by atoms with van der Waals surface area (Å²) in [5, 5.41) is 22.1. The Kier molecular flexibility index (Phi) is 5.15. The standard InChI is InChI=1S/C21H19N5O2/c22-12-14-2-1-3-16(10-14)18-11-19(26-25-18)21(27)24-17-6-4-15(5-7-17)20-13-23-8-9-28-20/h1-7,10-11,20,23H,8-9,13H2,(H,24,27)(H,25,26). The van der Waals surface area contributed by atoms with E-state index in [1.807, 2.05) is 30.3 Å². The molecule has 1 aromatic heterocycles. The lowest BCUT2D eigenvalue weighted by atomic mass is 10.1. The third-order valence-electron chi connectivity index (χ3n) is 4.58. The topological polar surface area (TPSA) is 103 Å². The zero-order valence-electron chi connectivity index (χ0n) is 15.1. The highest BCUT2D eigenvalue weighted by Crippen LogP contribution is 2.22. The number of benzene rings is 2. The van der Waals surface area contributed by atoms with E-state index in [4.69, 9.17) is 10.00 Å². The molecule has 7 nitrogen and oxygen atoms in total. The summed E-state index contributed by atoms with van der Waals surface area (Å²) in [6, 6.07) is 18.5. The van der Waals surface area contributed by atoms with Gasteiger partial charge in [-0.15, -0.1) is 0 Å². The normalized spacial score (nSPS) is 16.3. The van der Waals surface area contributed by atoms with E-state index < -0.39 is 0 Å². The van der Waals surface area contributed by atoms with E-state index in [0.29, 0.717) is 23.6 Å². The van der Waals surface area contributed by atoms with E-state index in [9.17, 15) is 4.79 Å². The molecule has 1 saturated heterocycles. The molecule has 7 heteroatoms. The number of anilines is 1. The number of aromatic nitrogens is 2. The second kappa shape index (κ2) is 8.05. The zero-order chi connectivity index (χ0) is 19.3. The van der Waals surface area contributed by atoms with Gasteiger partial charge >= 0.3 is 0 Å². The SMILES string of the molecule is N#Cc1cccc(-c2cc(C(=O)Nc3ccc(C4CNCCO4)cc3)n[nH]2)c1. The minimum absolute atomic E-state index is 0.0385. The highest BCUT2D eigenvalue weighted by molar-refractivity contribution is 6.03. The third kappa shape index (κ3) is 3.93. The number of hydrogen-bond acceptors (Lipinski definition) is 5. The Bertz CT molecular complexity index is 1010. The fourth-order valence-corrected chi connectivity index (χ4v) is 3.10. The number of H-pyrrole nitrogens is 1. The minimum atomic E-state index is -0.303. The molecule has 3 aromatic rings. The zero-order valence-corrected chi connectivity index (χ0v) is 15.1. The molecule has 0 bridgehead atoms. The maximum absolute atomic E-state index is 12.5. The lowest BCUT2D eigenvalue weighted by Gasteiger charge is -2.24. The molecule has 0 spiro atoms. The summed E-state index contributed by atoms with van der Waals surface area (Å²) in [6.07, 6.45) is 0.0385. The first-order valence-electron chi connectivity index (χ1n) is 9.02. The number of hydrogen-bond donors (Lipinski definition) is 3. The maximum Gasteiger partial charge on any atom is 0.276 e. The molecule has 0 saturated carbocycles. The van der Waals surface area contributed by atoms with Crippen molar-refractivity contribution in [3.05, 3.63) is 71.4 Å². The van der Waals surface area contributed by atoms with Crippen LogP contribution in [0.4, 0.5) is 5.69 Å². The van der Waals surface area contributed by atoms with Gasteiger partial charge in [0, 0.05) is 24.3 Å². The fourth-order valence-electron chi connectivity index (χ4n) is 3.10. The summed E-state index contributed by atoms with van der Waals surface area (Å²) in [6.45, 7) is 2.35.